The molecule has 3 N–H and O–H groups in total. The van der Waals surface area contributed by atoms with Crippen LogP contribution in [0.4, 0.5) is 13.2 Å². The minimum absolute atomic E-state index is 0.0872. The van der Waals surface area contributed by atoms with Crippen LogP contribution in [0.15, 0.2) is 36.4 Å². The van der Waals surface area contributed by atoms with Crippen LogP contribution in [-0.4, -0.2) is 78.7 Å². The molecule has 0 fully saturated rings. The Morgan fingerprint density at radius 1 is 1.10 bits per heavy atom. The number of halogens is 3. The standard InChI is InChI=1S/C37H40F3N3O8/c1-18-12-22-14-26(42(4)5)36(47)43-25(29(22)31(46)32(18)48-6)15-24-30(35-34(49-17-50-35)19(2)33(24)51-20(3)44)27(43)16-41-28(45)11-10-21-8-7-9-23(13-21)37(38,39)40/h7-13,25-27,36,46-47H,14-17H2,1-6H3,(H,41,45)/b11-10+/t25-,26-,27-,36-/m0/s1. The number of phenolic OH excluding ortho intramolecular Hbond substituents is 1. The molecule has 3 aromatic carbocycles. The van der Waals surface area contributed by atoms with Crippen molar-refractivity contribution in [3.63, 3.8) is 0 Å². The highest BCUT2D eigenvalue weighted by Gasteiger charge is 2.50. The van der Waals surface area contributed by atoms with Crippen molar-refractivity contribution in [3.05, 3.63) is 80.9 Å². The smallest absolute Gasteiger partial charge is 0.416 e. The molecule has 0 spiro atoms. The van der Waals surface area contributed by atoms with E-state index in [1.807, 2.05) is 36.9 Å². The highest BCUT2D eigenvalue weighted by Crippen LogP contribution is 2.57. The molecule has 1 amide bonds. The molecule has 3 aliphatic rings. The molecule has 0 aliphatic carbocycles. The first-order chi connectivity index (χ1) is 24.1. The van der Waals surface area contributed by atoms with E-state index < -0.39 is 48.0 Å². The van der Waals surface area contributed by atoms with E-state index in [-0.39, 0.29) is 42.6 Å². The van der Waals surface area contributed by atoms with Crippen LogP contribution in [0.25, 0.3) is 6.08 Å². The van der Waals surface area contributed by atoms with Gasteiger partial charge in [0.15, 0.2) is 23.0 Å². The van der Waals surface area contributed by atoms with Crippen molar-refractivity contribution < 1.29 is 51.9 Å². The summed E-state index contributed by atoms with van der Waals surface area (Å²) < 4.78 is 63.1. The number of aliphatic hydroxyl groups excluding tert-OH is 1. The van der Waals surface area contributed by atoms with Gasteiger partial charge in [-0.15, -0.1) is 0 Å². The van der Waals surface area contributed by atoms with Gasteiger partial charge < -0.3 is 39.4 Å². The second-order valence-corrected chi connectivity index (χ2v) is 13.2. The number of ether oxygens (including phenoxy) is 4. The molecule has 11 nitrogen and oxygen atoms in total. The normalized spacial score (nSPS) is 21.2. The minimum Gasteiger partial charge on any atom is -0.504 e. The number of fused-ring (bicyclic) bond motifs is 6. The van der Waals surface area contributed by atoms with E-state index in [2.05, 4.69) is 5.32 Å². The molecule has 0 saturated carbocycles. The molecular formula is C37H40F3N3O8. The summed E-state index contributed by atoms with van der Waals surface area (Å²) in [6.45, 7) is 4.62. The van der Waals surface area contributed by atoms with E-state index >= 15 is 0 Å². The number of likely N-dealkylation sites (N-methyl/N-ethyl adjacent to an activating group) is 1. The van der Waals surface area contributed by atoms with Gasteiger partial charge in [0, 0.05) is 47.8 Å². The Morgan fingerprint density at radius 3 is 2.49 bits per heavy atom. The molecule has 3 aromatic rings. The highest BCUT2D eigenvalue weighted by atomic mass is 19.4. The zero-order chi connectivity index (χ0) is 36.9. The number of aryl methyl sites for hydroxylation is 1. The van der Waals surface area contributed by atoms with Crippen LogP contribution in [0, 0.1) is 13.8 Å². The molecule has 51 heavy (non-hydrogen) atoms. The Balaban J connectivity index is 1.50. The molecule has 3 heterocycles. The van der Waals surface area contributed by atoms with Gasteiger partial charge in [-0.25, -0.2) is 0 Å². The van der Waals surface area contributed by atoms with E-state index in [4.69, 9.17) is 18.9 Å². The number of rotatable bonds is 7. The van der Waals surface area contributed by atoms with Crippen LogP contribution in [0.3, 0.4) is 0 Å². The zero-order valence-electron chi connectivity index (χ0n) is 29.1. The SMILES string of the molecule is COc1c(C)cc2c(c1O)[C@@H]1Cc3c(OC(C)=O)c(C)c4c(c3[C@H](CNC(=O)/C=C/c3cccc(C(F)(F)F)c3)N1[C@@H](O)[C@@H](N(C)C)C2)OCO4. The maximum Gasteiger partial charge on any atom is 0.416 e. The van der Waals surface area contributed by atoms with E-state index in [1.165, 1.54) is 32.2 Å². The van der Waals surface area contributed by atoms with Crippen molar-refractivity contribution in [3.8, 4) is 28.7 Å². The van der Waals surface area contributed by atoms with Gasteiger partial charge in [0.1, 0.15) is 12.0 Å². The molecule has 0 bridgehead atoms. The predicted molar refractivity (Wildman–Crippen MR) is 180 cm³/mol. The van der Waals surface area contributed by atoms with Crippen LogP contribution < -0.4 is 24.3 Å². The number of nitrogens with one attached hydrogen (secondary N) is 1. The number of amides is 1. The van der Waals surface area contributed by atoms with Gasteiger partial charge in [0.05, 0.1) is 24.8 Å². The third-order valence-electron chi connectivity index (χ3n) is 9.79. The van der Waals surface area contributed by atoms with Crippen molar-refractivity contribution in [1.82, 2.24) is 15.1 Å². The van der Waals surface area contributed by atoms with Gasteiger partial charge >= 0.3 is 12.1 Å². The third kappa shape index (κ3) is 6.59. The molecule has 0 aromatic heterocycles. The topological polar surface area (TPSA) is 130 Å². The lowest BCUT2D eigenvalue weighted by molar-refractivity contribution is -0.137. The third-order valence-corrected chi connectivity index (χ3v) is 9.79. The number of aromatic hydroxyl groups is 1. The lowest BCUT2D eigenvalue weighted by Crippen LogP contribution is -2.55. The van der Waals surface area contributed by atoms with Crippen LogP contribution in [0.2, 0.25) is 0 Å². The minimum atomic E-state index is -4.54. The maximum atomic E-state index is 13.3. The maximum absolute atomic E-state index is 13.3. The number of aliphatic hydroxyl groups is 1. The molecule has 6 rings (SSSR count). The van der Waals surface area contributed by atoms with Crippen LogP contribution in [0.5, 0.6) is 28.7 Å². The molecule has 3 aliphatic heterocycles. The zero-order valence-corrected chi connectivity index (χ0v) is 29.1. The summed E-state index contributed by atoms with van der Waals surface area (Å²) in [5, 5.41) is 26.9. The number of carbonyl (C=O) groups is 2. The Morgan fingerprint density at radius 2 is 1.82 bits per heavy atom. The monoisotopic (exact) mass is 711 g/mol. The fourth-order valence-corrected chi connectivity index (χ4v) is 7.56. The van der Waals surface area contributed by atoms with E-state index in [9.17, 15) is 33.0 Å². The van der Waals surface area contributed by atoms with Gasteiger partial charge in [0.25, 0.3) is 0 Å². The number of phenols is 1. The number of carbonyl (C=O) groups excluding carboxylic acids is 2. The summed E-state index contributed by atoms with van der Waals surface area (Å²) >= 11 is 0. The van der Waals surface area contributed by atoms with E-state index in [1.54, 1.807) is 6.92 Å². The van der Waals surface area contributed by atoms with Gasteiger partial charge in [-0.05, 0) is 75.7 Å². The van der Waals surface area contributed by atoms with E-state index in [0.717, 1.165) is 23.8 Å². The summed E-state index contributed by atoms with van der Waals surface area (Å²) in [6.07, 6.45) is -2.76. The molecule has 14 heteroatoms. The molecule has 0 radical (unpaired) electrons. The number of hydrogen-bond acceptors (Lipinski definition) is 10. The molecule has 0 saturated heterocycles. The fourth-order valence-electron chi connectivity index (χ4n) is 7.56. The van der Waals surface area contributed by atoms with Crippen molar-refractivity contribution >= 4 is 18.0 Å². The Hall–Kier alpha value is -4.79. The highest BCUT2D eigenvalue weighted by molar-refractivity contribution is 5.91. The summed E-state index contributed by atoms with van der Waals surface area (Å²) in [5.74, 6) is 0.00846. The second kappa shape index (κ2) is 13.7. The number of methoxy groups -OCH3 is 1. The summed E-state index contributed by atoms with van der Waals surface area (Å²) in [5.41, 5.74) is 3.00. The van der Waals surface area contributed by atoms with Gasteiger partial charge in [-0.1, -0.05) is 18.2 Å². The number of benzene rings is 3. The number of hydrogen-bond donors (Lipinski definition) is 3. The number of esters is 1. The van der Waals surface area contributed by atoms with Gasteiger partial charge in [-0.3, -0.25) is 14.5 Å². The molecule has 0 unspecified atom stereocenters. The average molecular weight is 712 g/mol. The van der Waals surface area contributed by atoms with Crippen LogP contribution in [-0.2, 0) is 28.6 Å². The van der Waals surface area contributed by atoms with Crippen molar-refractivity contribution in [1.29, 1.82) is 0 Å². The summed E-state index contributed by atoms with van der Waals surface area (Å²) in [6, 6.07) is 4.51. The van der Waals surface area contributed by atoms with Gasteiger partial charge in [0.2, 0.25) is 12.7 Å². The summed E-state index contributed by atoms with van der Waals surface area (Å²) in [4.78, 5) is 29.5. The Kier molecular flexibility index (Phi) is 9.70. The van der Waals surface area contributed by atoms with Crippen LogP contribution >= 0.6 is 0 Å². The fraction of sp³-hybridized carbons (Fsp3) is 0.405. The average Bonchev–Trinajstić information content (AvgIpc) is 3.52. The van der Waals surface area contributed by atoms with Crippen LogP contribution in [0.1, 0.15) is 63.5 Å². The van der Waals surface area contributed by atoms with E-state index in [0.29, 0.717) is 45.7 Å². The summed E-state index contributed by atoms with van der Waals surface area (Å²) in [7, 11) is 5.15. The quantitative estimate of drug-likeness (QED) is 0.176. The molecular weight excluding hydrogens is 671 g/mol. The molecule has 4 atom stereocenters. The largest absolute Gasteiger partial charge is 0.504 e. The van der Waals surface area contributed by atoms with Gasteiger partial charge in [-0.2, -0.15) is 13.2 Å². The van der Waals surface area contributed by atoms with Crippen molar-refractivity contribution in [2.45, 2.75) is 64.1 Å². The lowest BCUT2D eigenvalue weighted by Gasteiger charge is -2.47. The Labute approximate surface area is 293 Å². The van der Waals surface area contributed by atoms with Crippen molar-refractivity contribution in [2.75, 3.05) is 34.5 Å². The lowest BCUT2D eigenvalue weighted by atomic mass is 9.81. The second-order valence-electron chi connectivity index (χ2n) is 13.2. The number of nitrogens with zero attached hydrogens (tertiary/aromatic N) is 2. The first-order valence-corrected chi connectivity index (χ1v) is 16.4. The number of alkyl halides is 3. The predicted octanol–water partition coefficient (Wildman–Crippen LogP) is 4.97. The first kappa shape index (κ1) is 36.0. The van der Waals surface area contributed by atoms with Crippen molar-refractivity contribution in [2.24, 2.45) is 0 Å². The Bertz CT molecular complexity index is 1910. The first-order valence-electron chi connectivity index (χ1n) is 16.4. The molecule has 272 valence electrons.